The first-order chi connectivity index (χ1) is 11.4. The van der Waals surface area contributed by atoms with E-state index in [0.29, 0.717) is 17.7 Å². The number of esters is 1. The second-order valence-electron chi connectivity index (χ2n) is 7.33. The standard InChI is InChI=1S/C17H24N2O5S/c1-11-8-13-9-12(6-7-14(13)19(11)25(5,22)23)16(21)24-10-15(20)18-17(2,3)4/h6-7,9,11H,8,10H2,1-5H3,(H,18,20)/t11-/m1/s1. The lowest BCUT2D eigenvalue weighted by Gasteiger charge is -2.22. The van der Waals surface area contributed by atoms with Crippen LogP contribution in [0.4, 0.5) is 5.69 Å². The summed E-state index contributed by atoms with van der Waals surface area (Å²) in [6.45, 7) is 6.96. The first-order valence-corrected chi connectivity index (χ1v) is 9.84. The maximum atomic E-state index is 12.1. The fourth-order valence-corrected chi connectivity index (χ4v) is 4.17. The fraction of sp³-hybridized carbons (Fsp3) is 0.529. The van der Waals surface area contributed by atoms with Gasteiger partial charge in [-0.05, 0) is 57.9 Å². The van der Waals surface area contributed by atoms with E-state index >= 15 is 0 Å². The topological polar surface area (TPSA) is 92.8 Å². The average molecular weight is 368 g/mol. The van der Waals surface area contributed by atoms with Crippen molar-refractivity contribution in [2.45, 2.75) is 45.7 Å². The molecule has 1 aromatic rings. The summed E-state index contributed by atoms with van der Waals surface area (Å²) in [4.78, 5) is 23.9. The number of ether oxygens (including phenoxy) is 1. The van der Waals surface area contributed by atoms with Gasteiger partial charge in [0.1, 0.15) is 0 Å². The van der Waals surface area contributed by atoms with Gasteiger partial charge < -0.3 is 10.1 Å². The number of hydrogen-bond acceptors (Lipinski definition) is 5. The van der Waals surface area contributed by atoms with E-state index in [1.165, 1.54) is 10.4 Å². The summed E-state index contributed by atoms with van der Waals surface area (Å²) in [5.41, 5.74) is 1.25. The molecule has 7 nitrogen and oxygen atoms in total. The van der Waals surface area contributed by atoms with Gasteiger partial charge in [0.15, 0.2) is 6.61 Å². The van der Waals surface area contributed by atoms with E-state index in [9.17, 15) is 18.0 Å². The molecule has 0 unspecified atom stereocenters. The number of nitrogens with zero attached hydrogens (tertiary/aromatic N) is 1. The van der Waals surface area contributed by atoms with Gasteiger partial charge in [-0.3, -0.25) is 9.10 Å². The predicted molar refractivity (Wildman–Crippen MR) is 95.1 cm³/mol. The quantitative estimate of drug-likeness (QED) is 0.813. The highest BCUT2D eigenvalue weighted by Gasteiger charge is 2.33. The van der Waals surface area contributed by atoms with Crippen LogP contribution in [0.3, 0.4) is 0 Å². The molecule has 0 spiro atoms. The lowest BCUT2D eigenvalue weighted by atomic mass is 10.1. The highest BCUT2D eigenvalue weighted by molar-refractivity contribution is 7.92. The number of amides is 1. The highest BCUT2D eigenvalue weighted by Crippen LogP contribution is 2.34. The third kappa shape index (κ3) is 4.72. The predicted octanol–water partition coefficient (Wildman–Crippen LogP) is 1.47. The number of hydrogen-bond donors (Lipinski definition) is 1. The number of anilines is 1. The SMILES string of the molecule is C[C@@H]1Cc2cc(C(=O)OCC(=O)NC(C)(C)C)ccc2N1S(C)(=O)=O. The molecule has 138 valence electrons. The first kappa shape index (κ1) is 19.2. The van der Waals surface area contributed by atoms with Gasteiger partial charge in [0.25, 0.3) is 5.91 Å². The number of nitrogens with one attached hydrogen (secondary N) is 1. The largest absolute Gasteiger partial charge is 0.452 e. The Morgan fingerprint density at radius 1 is 1.32 bits per heavy atom. The third-order valence-corrected chi connectivity index (χ3v) is 4.95. The summed E-state index contributed by atoms with van der Waals surface area (Å²) >= 11 is 0. The van der Waals surface area contributed by atoms with Crippen molar-refractivity contribution in [1.82, 2.24) is 5.32 Å². The van der Waals surface area contributed by atoms with E-state index < -0.39 is 21.5 Å². The maximum absolute atomic E-state index is 12.1. The fourth-order valence-electron chi connectivity index (χ4n) is 2.90. The smallest absolute Gasteiger partial charge is 0.338 e. The molecule has 1 aliphatic heterocycles. The van der Waals surface area contributed by atoms with Crippen LogP contribution in [0.15, 0.2) is 18.2 Å². The van der Waals surface area contributed by atoms with Crippen LogP contribution in [0.2, 0.25) is 0 Å². The maximum Gasteiger partial charge on any atom is 0.338 e. The summed E-state index contributed by atoms with van der Waals surface area (Å²) in [6.07, 6.45) is 1.68. The van der Waals surface area contributed by atoms with Crippen LogP contribution in [-0.2, 0) is 26.0 Å². The van der Waals surface area contributed by atoms with Gasteiger partial charge in [0, 0.05) is 11.6 Å². The van der Waals surface area contributed by atoms with Crippen molar-refractivity contribution in [1.29, 1.82) is 0 Å². The zero-order valence-corrected chi connectivity index (χ0v) is 15.9. The summed E-state index contributed by atoms with van der Waals surface area (Å²) < 4.78 is 30.2. The number of rotatable bonds is 4. The Morgan fingerprint density at radius 3 is 2.52 bits per heavy atom. The first-order valence-electron chi connectivity index (χ1n) is 7.99. The lowest BCUT2D eigenvalue weighted by molar-refractivity contribution is -0.125. The van der Waals surface area contributed by atoms with Crippen LogP contribution < -0.4 is 9.62 Å². The van der Waals surface area contributed by atoms with E-state index in [4.69, 9.17) is 4.74 Å². The van der Waals surface area contributed by atoms with E-state index in [1.807, 2.05) is 27.7 Å². The Morgan fingerprint density at radius 2 is 1.96 bits per heavy atom. The molecule has 0 saturated heterocycles. The van der Waals surface area contributed by atoms with Crippen molar-refractivity contribution >= 4 is 27.6 Å². The molecule has 25 heavy (non-hydrogen) atoms. The van der Waals surface area contributed by atoms with Crippen LogP contribution >= 0.6 is 0 Å². The van der Waals surface area contributed by atoms with E-state index in [1.54, 1.807) is 12.1 Å². The zero-order valence-electron chi connectivity index (χ0n) is 15.1. The average Bonchev–Trinajstić information content (AvgIpc) is 2.77. The van der Waals surface area contributed by atoms with E-state index in [2.05, 4.69) is 5.32 Å². The Labute approximate surface area is 148 Å². The van der Waals surface area contributed by atoms with E-state index in [0.717, 1.165) is 11.8 Å². The van der Waals surface area contributed by atoms with Gasteiger partial charge in [-0.1, -0.05) is 0 Å². The second kappa shape index (κ2) is 6.67. The molecule has 0 saturated carbocycles. The van der Waals surface area contributed by atoms with Crippen LogP contribution in [-0.4, -0.2) is 44.7 Å². The number of carbonyl (C=O) groups is 2. The number of fused-ring (bicyclic) bond motifs is 1. The molecule has 1 N–H and O–H groups in total. The molecular weight excluding hydrogens is 344 g/mol. The van der Waals surface area contributed by atoms with Crippen molar-refractivity contribution in [2.24, 2.45) is 0 Å². The molecule has 1 atom stereocenters. The Hall–Kier alpha value is -2.09. The van der Waals surface area contributed by atoms with E-state index in [-0.39, 0.29) is 18.6 Å². The van der Waals surface area contributed by atoms with Gasteiger partial charge >= 0.3 is 5.97 Å². The Bertz CT molecular complexity index is 796. The molecule has 1 aromatic carbocycles. The lowest BCUT2D eigenvalue weighted by Crippen LogP contribution is -2.42. The molecule has 2 rings (SSSR count). The molecule has 0 fully saturated rings. The number of carbonyl (C=O) groups excluding carboxylic acids is 2. The summed E-state index contributed by atoms with van der Waals surface area (Å²) in [5, 5.41) is 2.71. The number of sulfonamides is 1. The molecule has 1 heterocycles. The molecule has 1 aliphatic rings. The molecule has 0 aromatic heterocycles. The van der Waals surface area contributed by atoms with Crippen LogP contribution in [0.5, 0.6) is 0 Å². The van der Waals surface area contributed by atoms with Crippen molar-refractivity contribution in [2.75, 3.05) is 17.2 Å². The summed E-state index contributed by atoms with van der Waals surface area (Å²) in [7, 11) is -3.37. The van der Waals surface area contributed by atoms with Crippen LogP contribution in [0, 0.1) is 0 Å². The Balaban J connectivity index is 2.09. The molecule has 0 radical (unpaired) electrons. The molecule has 8 heteroatoms. The molecule has 1 amide bonds. The normalized spacial score (nSPS) is 17.2. The molecule has 0 bridgehead atoms. The third-order valence-electron chi connectivity index (χ3n) is 3.67. The van der Waals surface area contributed by atoms with Crippen LogP contribution in [0.25, 0.3) is 0 Å². The van der Waals surface area contributed by atoms with Crippen molar-refractivity contribution in [3.63, 3.8) is 0 Å². The summed E-state index contributed by atoms with van der Waals surface area (Å²) in [6, 6.07) is 4.54. The monoisotopic (exact) mass is 368 g/mol. The van der Waals surface area contributed by atoms with Crippen LogP contribution in [0.1, 0.15) is 43.6 Å². The Kier molecular flexibility index (Phi) is 5.13. The van der Waals surface area contributed by atoms with Gasteiger partial charge in [-0.25, -0.2) is 13.2 Å². The molecule has 0 aliphatic carbocycles. The number of benzene rings is 1. The van der Waals surface area contributed by atoms with Gasteiger partial charge in [-0.15, -0.1) is 0 Å². The highest BCUT2D eigenvalue weighted by atomic mass is 32.2. The van der Waals surface area contributed by atoms with Gasteiger partial charge in [0.05, 0.1) is 17.5 Å². The molecular formula is C17H24N2O5S. The van der Waals surface area contributed by atoms with Gasteiger partial charge in [-0.2, -0.15) is 0 Å². The van der Waals surface area contributed by atoms with Crippen molar-refractivity contribution in [3.8, 4) is 0 Å². The van der Waals surface area contributed by atoms with Crippen molar-refractivity contribution < 1.29 is 22.7 Å². The van der Waals surface area contributed by atoms with Crippen molar-refractivity contribution in [3.05, 3.63) is 29.3 Å². The minimum Gasteiger partial charge on any atom is -0.452 e. The summed E-state index contributed by atoms with van der Waals surface area (Å²) in [5.74, 6) is -0.990. The minimum atomic E-state index is -3.37. The van der Waals surface area contributed by atoms with Gasteiger partial charge in [0.2, 0.25) is 10.0 Å². The second-order valence-corrected chi connectivity index (χ2v) is 9.19. The zero-order chi connectivity index (χ0) is 19.0. The minimum absolute atomic E-state index is 0.200.